The first kappa shape index (κ1) is 11.9. The van der Waals surface area contributed by atoms with Crippen LogP contribution in [-0.4, -0.2) is 15.2 Å². The van der Waals surface area contributed by atoms with Gasteiger partial charge in [-0.3, -0.25) is 4.78 Å². The smallest absolute Gasteiger partial charge is 0.0472 e. The molecular weight excluding hydrogens is 170 g/mol. The first-order valence-electron chi connectivity index (χ1n) is 4.52. The summed E-state index contributed by atoms with van der Waals surface area (Å²) in [5.74, 6) is 1.23. The van der Waals surface area contributed by atoms with Crippen LogP contribution in [0.1, 0.15) is 34.6 Å². The Hall–Kier alpha value is -0.0500. The Morgan fingerprint density at radius 3 is 1.83 bits per heavy atom. The van der Waals surface area contributed by atoms with Crippen molar-refractivity contribution in [3.8, 4) is 0 Å². The van der Waals surface area contributed by atoms with Crippen LogP contribution in [0.15, 0.2) is 0 Å². The van der Waals surface area contributed by atoms with Gasteiger partial charge in [0.1, 0.15) is 0 Å². The Morgan fingerprint density at radius 1 is 1.17 bits per heavy atom. The van der Waals surface area contributed by atoms with Gasteiger partial charge in [-0.1, -0.05) is 27.7 Å². The minimum absolute atomic E-state index is 0.0138. The number of nitrogens with one attached hydrogen (secondary N) is 1. The van der Waals surface area contributed by atoms with Crippen molar-refractivity contribution in [1.29, 1.82) is 4.78 Å². The highest BCUT2D eigenvalue weighted by atomic mass is 32.2. The fourth-order valence-corrected chi connectivity index (χ4v) is 3.26. The molecule has 0 amide bonds. The molecule has 2 unspecified atom stereocenters. The van der Waals surface area contributed by atoms with Crippen molar-refractivity contribution < 1.29 is 4.21 Å². The molecule has 2 nitrogen and oxygen atoms in total. The van der Waals surface area contributed by atoms with Crippen LogP contribution in [0.25, 0.3) is 0 Å². The summed E-state index contributed by atoms with van der Waals surface area (Å²) in [4.78, 5) is 0. The van der Waals surface area contributed by atoms with E-state index in [2.05, 4.69) is 0 Å². The van der Waals surface area contributed by atoms with Gasteiger partial charge < -0.3 is 0 Å². The Bertz CT molecular complexity index is 217. The molecule has 0 spiro atoms. The van der Waals surface area contributed by atoms with Crippen LogP contribution in [0.5, 0.6) is 0 Å². The molecule has 0 rings (SSSR count). The fraction of sp³-hybridized carbons (Fsp3) is 1.00. The normalized spacial score (nSPS) is 19.6. The molecule has 74 valence electrons. The van der Waals surface area contributed by atoms with Crippen molar-refractivity contribution in [2.75, 3.05) is 5.75 Å². The molecule has 0 aromatic carbocycles. The van der Waals surface area contributed by atoms with Crippen LogP contribution < -0.4 is 0 Å². The van der Waals surface area contributed by atoms with Gasteiger partial charge in [0.25, 0.3) is 0 Å². The van der Waals surface area contributed by atoms with E-state index in [1.807, 2.05) is 34.6 Å². The lowest BCUT2D eigenvalue weighted by Gasteiger charge is -2.20. The molecule has 0 aliphatic carbocycles. The monoisotopic (exact) mass is 191 g/mol. The standard InChI is InChI=1S/C9H21NOS/c1-7(2)6-12(10,11)9(5)8(3)4/h7-10H,6H2,1-5H3. The quantitative estimate of drug-likeness (QED) is 0.729. The largest absolute Gasteiger partial charge is 0.253 e. The van der Waals surface area contributed by atoms with Gasteiger partial charge in [-0.25, -0.2) is 4.21 Å². The molecule has 0 fully saturated rings. The molecule has 0 radical (unpaired) electrons. The second kappa shape index (κ2) is 4.26. The van der Waals surface area contributed by atoms with E-state index in [1.54, 1.807) is 0 Å². The molecule has 0 bridgehead atoms. The Morgan fingerprint density at radius 2 is 1.58 bits per heavy atom. The van der Waals surface area contributed by atoms with Crippen molar-refractivity contribution >= 4 is 9.73 Å². The highest BCUT2D eigenvalue weighted by molar-refractivity contribution is 7.93. The van der Waals surface area contributed by atoms with Gasteiger partial charge in [0, 0.05) is 20.7 Å². The summed E-state index contributed by atoms with van der Waals surface area (Å²) in [7, 11) is -2.36. The van der Waals surface area contributed by atoms with E-state index in [1.165, 1.54) is 0 Å². The maximum absolute atomic E-state index is 11.8. The number of rotatable bonds is 4. The second-order valence-electron chi connectivity index (χ2n) is 4.24. The third-order valence-corrected chi connectivity index (χ3v) is 5.03. The highest BCUT2D eigenvalue weighted by Gasteiger charge is 2.20. The topological polar surface area (TPSA) is 40.9 Å². The second-order valence-corrected chi connectivity index (χ2v) is 6.77. The van der Waals surface area contributed by atoms with Gasteiger partial charge in [-0.05, 0) is 18.8 Å². The maximum atomic E-state index is 11.8. The van der Waals surface area contributed by atoms with Crippen LogP contribution in [0.4, 0.5) is 0 Å². The van der Waals surface area contributed by atoms with E-state index < -0.39 is 9.73 Å². The number of hydrogen-bond donors (Lipinski definition) is 1. The fourth-order valence-electron chi connectivity index (χ4n) is 1.09. The van der Waals surface area contributed by atoms with Crippen molar-refractivity contribution in [2.45, 2.75) is 39.9 Å². The summed E-state index contributed by atoms with van der Waals surface area (Å²) in [6.45, 7) is 10.0. The van der Waals surface area contributed by atoms with Crippen LogP contribution in [0.2, 0.25) is 0 Å². The molecule has 0 aliphatic rings. The van der Waals surface area contributed by atoms with Gasteiger partial charge in [0.2, 0.25) is 0 Å². The molecule has 1 N–H and O–H groups in total. The zero-order chi connectivity index (χ0) is 9.94. The summed E-state index contributed by atoms with van der Waals surface area (Å²) in [6.07, 6.45) is 0. The zero-order valence-corrected chi connectivity index (χ0v) is 9.57. The summed E-state index contributed by atoms with van der Waals surface area (Å²) in [5, 5.41) is 0.0138. The molecule has 0 aromatic rings. The van der Waals surface area contributed by atoms with Crippen molar-refractivity contribution in [2.24, 2.45) is 11.8 Å². The minimum atomic E-state index is -2.36. The van der Waals surface area contributed by atoms with Crippen LogP contribution in [0.3, 0.4) is 0 Å². The third kappa shape index (κ3) is 3.57. The predicted molar refractivity (Wildman–Crippen MR) is 54.9 cm³/mol. The van der Waals surface area contributed by atoms with E-state index >= 15 is 0 Å². The molecule has 2 atom stereocenters. The van der Waals surface area contributed by atoms with E-state index in [9.17, 15) is 4.21 Å². The molecule has 3 heteroatoms. The molecule has 12 heavy (non-hydrogen) atoms. The van der Waals surface area contributed by atoms with Crippen molar-refractivity contribution in [3.63, 3.8) is 0 Å². The van der Waals surface area contributed by atoms with Gasteiger partial charge >= 0.3 is 0 Å². The van der Waals surface area contributed by atoms with E-state index in [-0.39, 0.29) is 5.25 Å². The van der Waals surface area contributed by atoms with Crippen LogP contribution in [0, 0.1) is 16.6 Å². The SMILES string of the molecule is CC(C)CS(=N)(=O)C(C)C(C)C. The Kier molecular flexibility index (Phi) is 4.24. The molecule has 0 heterocycles. The summed E-state index contributed by atoms with van der Waals surface area (Å²) < 4.78 is 19.5. The molecule has 0 aliphatic heterocycles. The maximum Gasteiger partial charge on any atom is 0.0472 e. The minimum Gasteiger partial charge on any atom is -0.253 e. The van der Waals surface area contributed by atoms with E-state index in [4.69, 9.17) is 4.78 Å². The average molecular weight is 191 g/mol. The van der Waals surface area contributed by atoms with Crippen molar-refractivity contribution in [1.82, 2.24) is 0 Å². The predicted octanol–water partition coefficient (Wildman–Crippen LogP) is 2.73. The van der Waals surface area contributed by atoms with Crippen LogP contribution in [-0.2, 0) is 9.73 Å². The Labute approximate surface area is 76.7 Å². The van der Waals surface area contributed by atoms with E-state index in [0.717, 1.165) is 0 Å². The average Bonchev–Trinajstić information content (AvgIpc) is 1.82. The first-order valence-corrected chi connectivity index (χ1v) is 6.31. The van der Waals surface area contributed by atoms with Gasteiger partial charge in [-0.2, -0.15) is 0 Å². The molecule has 0 saturated carbocycles. The van der Waals surface area contributed by atoms with Gasteiger partial charge in [0.05, 0.1) is 0 Å². The van der Waals surface area contributed by atoms with Crippen molar-refractivity contribution in [3.05, 3.63) is 0 Å². The summed E-state index contributed by atoms with van der Waals surface area (Å²) in [5.41, 5.74) is 0. The van der Waals surface area contributed by atoms with Gasteiger partial charge in [0.15, 0.2) is 0 Å². The lowest BCUT2D eigenvalue weighted by molar-refractivity contribution is 0.588. The lowest BCUT2D eigenvalue weighted by Crippen LogP contribution is -2.26. The van der Waals surface area contributed by atoms with Crippen LogP contribution >= 0.6 is 0 Å². The van der Waals surface area contributed by atoms with Gasteiger partial charge in [-0.15, -0.1) is 0 Å². The first-order chi connectivity index (χ1) is 5.27. The summed E-state index contributed by atoms with van der Waals surface area (Å²) in [6, 6.07) is 0. The molecule has 0 saturated heterocycles. The lowest BCUT2D eigenvalue weighted by atomic mass is 10.2. The Balaban J connectivity index is 4.41. The summed E-state index contributed by atoms with van der Waals surface area (Å²) >= 11 is 0. The molecular formula is C9H21NOS. The highest BCUT2D eigenvalue weighted by Crippen LogP contribution is 2.15. The molecule has 0 aromatic heterocycles. The van der Waals surface area contributed by atoms with E-state index in [0.29, 0.717) is 17.6 Å². The number of hydrogen-bond acceptors (Lipinski definition) is 2. The third-order valence-electron chi connectivity index (χ3n) is 2.12. The zero-order valence-electron chi connectivity index (χ0n) is 8.76.